The first-order valence-electron chi connectivity index (χ1n) is 13.5. The summed E-state index contributed by atoms with van der Waals surface area (Å²) in [5.74, 6) is -0.126. The van der Waals surface area contributed by atoms with Gasteiger partial charge in [-0.1, -0.05) is 117 Å². The maximum absolute atomic E-state index is 11.9. The lowest BCUT2D eigenvalue weighted by atomic mass is 10.0. The maximum atomic E-state index is 11.9. The van der Waals surface area contributed by atoms with Crippen LogP contribution >= 0.6 is 0 Å². The van der Waals surface area contributed by atoms with Crippen molar-refractivity contribution in [1.82, 2.24) is 4.57 Å². The molecule has 1 heterocycles. The van der Waals surface area contributed by atoms with Crippen LogP contribution in [0.15, 0.2) is 18.7 Å². The molecule has 4 nitrogen and oxygen atoms in total. The number of carbonyl (C=O) groups is 1. The predicted molar refractivity (Wildman–Crippen MR) is 130 cm³/mol. The maximum Gasteiger partial charge on any atom is 0.348 e. The average Bonchev–Trinajstić information content (AvgIpc) is 3.21. The summed E-state index contributed by atoms with van der Waals surface area (Å²) in [5.41, 5.74) is 0. The number of hydrogen-bond acceptors (Lipinski definition) is 2. The Kier molecular flexibility index (Phi) is 22.4. The van der Waals surface area contributed by atoms with Crippen LogP contribution in [0.2, 0.25) is 0 Å². The number of rotatable bonds is 22. The van der Waals surface area contributed by atoms with Crippen molar-refractivity contribution < 1.29 is 26.5 Å². The van der Waals surface area contributed by atoms with Gasteiger partial charge in [0.1, 0.15) is 12.4 Å². The molecule has 0 saturated carbocycles. The number of hydrogen-bond donors (Lipinski definition) is 0. The summed E-state index contributed by atoms with van der Waals surface area (Å²) in [7, 11) is 0. The van der Waals surface area contributed by atoms with Gasteiger partial charge in [0.15, 0.2) is 6.54 Å². The van der Waals surface area contributed by atoms with Crippen LogP contribution in [-0.2, 0) is 22.6 Å². The SMILES string of the molecule is CCCCCCCCCCCCCCCCCCOC(=O)C[n+]1ccn(CCCC)c1.[Cl-]. The molecular formula is C27H51ClN2O2. The fourth-order valence-electron chi connectivity index (χ4n) is 4.04. The van der Waals surface area contributed by atoms with E-state index < -0.39 is 0 Å². The number of nitrogens with zero attached hydrogens (tertiary/aromatic N) is 2. The van der Waals surface area contributed by atoms with E-state index in [0.717, 1.165) is 13.0 Å². The van der Waals surface area contributed by atoms with Crippen molar-refractivity contribution in [3.63, 3.8) is 0 Å². The first-order chi connectivity index (χ1) is 15.3. The third kappa shape index (κ3) is 18.5. The molecule has 0 atom stereocenters. The minimum atomic E-state index is -0.126. The topological polar surface area (TPSA) is 35.1 Å². The van der Waals surface area contributed by atoms with E-state index in [-0.39, 0.29) is 18.4 Å². The fourth-order valence-corrected chi connectivity index (χ4v) is 4.04. The number of halogens is 1. The second kappa shape index (κ2) is 23.1. The van der Waals surface area contributed by atoms with E-state index >= 15 is 0 Å². The van der Waals surface area contributed by atoms with E-state index in [2.05, 4.69) is 18.4 Å². The van der Waals surface area contributed by atoms with Crippen LogP contribution in [0.4, 0.5) is 0 Å². The summed E-state index contributed by atoms with van der Waals surface area (Å²) in [6.07, 6.45) is 30.1. The fraction of sp³-hybridized carbons (Fsp3) is 0.852. The molecule has 0 spiro atoms. The Bertz CT molecular complexity index is 533. The van der Waals surface area contributed by atoms with Crippen LogP contribution < -0.4 is 17.0 Å². The lowest BCUT2D eigenvalue weighted by molar-refractivity contribution is -0.685. The van der Waals surface area contributed by atoms with Crippen LogP contribution in [0, 0.1) is 0 Å². The van der Waals surface area contributed by atoms with E-state index in [1.54, 1.807) is 0 Å². The molecule has 0 amide bonds. The number of imidazole rings is 1. The Morgan fingerprint density at radius 2 is 1.19 bits per heavy atom. The average molecular weight is 471 g/mol. The normalized spacial score (nSPS) is 10.8. The lowest BCUT2D eigenvalue weighted by Gasteiger charge is -2.04. The number of carbonyl (C=O) groups excluding carboxylic acids is 1. The third-order valence-electron chi connectivity index (χ3n) is 6.09. The first kappa shape index (κ1) is 31.0. The van der Waals surface area contributed by atoms with Crippen LogP contribution in [0.3, 0.4) is 0 Å². The zero-order valence-electron chi connectivity index (χ0n) is 21.2. The summed E-state index contributed by atoms with van der Waals surface area (Å²) in [6.45, 7) is 6.37. The van der Waals surface area contributed by atoms with Crippen molar-refractivity contribution in [3.05, 3.63) is 18.7 Å². The van der Waals surface area contributed by atoms with Crippen molar-refractivity contribution in [2.24, 2.45) is 0 Å². The molecule has 0 bridgehead atoms. The number of aromatic nitrogens is 2. The highest BCUT2D eigenvalue weighted by molar-refractivity contribution is 5.67. The zero-order chi connectivity index (χ0) is 22.4. The Labute approximate surface area is 204 Å². The molecule has 0 radical (unpaired) electrons. The van der Waals surface area contributed by atoms with Gasteiger partial charge in [-0.15, -0.1) is 0 Å². The molecule has 1 rings (SSSR count). The van der Waals surface area contributed by atoms with Gasteiger partial charge in [-0.25, -0.2) is 13.9 Å². The van der Waals surface area contributed by atoms with Gasteiger partial charge in [0.2, 0.25) is 6.33 Å². The smallest absolute Gasteiger partial charge is 0.348 e. The minimum Gasteiger partial charge on any atom is -1.00 e. The van der Waals surface area contributed by atoms with Gasteiger partial charge in [0.05, 0.1) is 13.2 Å². The Hall–Kier alpha value is -1.03. The lowest BCUT2D eigenvalue weighted by Crippen LogP contribution is -3.00. The van der Waals surface area contributed by atoms with Crippen LogP contribution in [0.25, 0.3) is 0 Å². The molecule has 1 aromatic heterocycles. The van der Waals surface area contributed by atoms with Gasteiger partial charge in [-0.3, -0.25) is 0 Å². The van der Waals surface area contributed by atoms with E-state index in [0.29, 0.717) is 13.2 Å². The first-order valence-corrected chi connectivity index (χ1v) is 13.5. The summed E-state index contributed by atoms with van der Waals surface area (Å²) >= 11 is 0. The van der Waals surface area contributed by atoms with Crippen molar-refractivity contribution in [2.45, 2.75) is 143 Å². The van der Waals surface area contributed by atoms with Crippen molar-refractivity contribution in [3.8, 4) is 0 Å². The third-order valence-corrected chi connectivity index (χ3v) is 6.09. The molecule has 0 aromatic carbocycles. The van der Waals surface area contributed by atoms with Gasteiger partial charge < -0.3 is 17.1 Å². The van der Waals surface area contributed by atoms with Crippen LogP contribution in [-0.4, -0.2) is 17.1 Å². The number of aryl methyl sites for hydroxylation is 1. The van der Waals surface area contributed by atoms with Crippen molar-refractivity contribution in [1.29, 1.82) is 0 Å². The van der Waals surface area contributed by atoms with Gasteiger partial charge in [-0.05, 0) is 12.8 Å². The molecule has 5 heteroatoms. The highest BCUT2D eigenvalue weighted by atomic mass is 35.5. The molecule has 0 N–H and O–H groups in total. The van der Waals surface area contributed by atoms with E-state index in [9.17, 15) is 4.79 Å². The van der Waals surface area contributed by atoms with E-state index in [1.807, 2.05) is 23.3 Å². The molecular weight excluding hydrogens is 420 g/mol. The van der Waals surface area contributed by atoms with Gasteiger partial charge in [-0.2, -0.15) is 0 Å². The monoisotopic (exact) mass is 470 g/mol. The summed E-state index contributed by atoms with van der Waals surface area (Å²) in [5, 5.41) is 0. The quantitative estimate of drug-likeness (QED) is 0.143. The molecule has 0 aliphatic rings. The predicted octanol–water partition coefficient (Wildman–Crippen LogP) is 4.38. The largest absolute Gasteiger partial charge is 1.00 e. The standard InChI is InChI=1S/C27H51N2O2.ClH/c1-3-5-7-8-9-10-11-12-13-14-15-16-17-18-19-20-24-31-27(30)25-29-23-22-28(26-29)21-6-4-2;/h22-23,26H,3-21,24-25H2,1-2H3;1H/q+1;/p-1. The van der Waals surface area contributed by atoms with Gasteiger partial charge in [0, 0.05) is 0 Å². The zero-order valence-corrected chi connectivity index (χ0v) is 21.9. The molecule has 1 aromatic rings. The van der Waals surface area contributed by atoms with Gasteiger partial charge >= 0.3 is 5.97 Å². The molecule has 188 valence electrons. The minimum absolute atomic E-state index is 0. The Balaban J connectivity index is 0.00000961. The summed E-state index contributed by atoms with van der Waals surface area (Å²) in [6, 6.07) is 0. The van der Waals surface area contributed by atoms with Gasteiger partial charge in [0.25, 0.3) is 0 Å². The highest BCUT2D eigenvalue weighted by Crippen LogP contribution is 2.13. The van der Waals surface area contributed by atoms with Crippen LogP contribution in [0.1, 0.15) is 129 Å². The molecule has 0 unspecified atom stereocenters. The number of esters is 1. The second-order valence-corrected chi connectivity index (χ2v) is 9.20. The second-order valence-electron chi connectivity index (χ2n) is 9.20. The number of unbranched alkanes of at least 4 members (excludes halogenated alkanes) is 16. The molecule has 0 fully saturated rings. The summed E-state index contributed by atoms with van der Waals surface area (Å²) in [4.78, 5) is 11.9. The Morgan fingerprint density at radius 1 is 0.719 bits per heavy atom. The molecule has 0 aliphatic heterocycles. The molecule has 32 heavy (non-hydrogen) atoms. The van der Waals surface area contributed by atoms with Crippen molar-refractivity contribution >= 4 is 5.97 Å². The van der Waals surface area contributed by atoms with Crippen LogP contribution in [0.5, 0.6) is 0 Å². The number of ether oxygens (including phenoxy) is 1. The Morgan fingerprint density at radius 3 is 1.69 bits per heavy atom. The van der Waals surface area contributed by atoms with E-state index in [1.165, 1.54) is 109 Å². The molecule has 0 saturated heterocycles. The summed E-state index contributed by atoms with van der Waals surface area (Å²) < 4.78 is 9.43. The molecule has 0 aliphatic carbocycles. The highest BCUT2D eigenvalue weighted by Gasteiger charge is 2.10. The van der Waals surface area contributed by atoms with Crippen molar-refractivity contribution in [2.75, 3.05) is 6.61 Å². The van der Waals surface area contributed by atoms with E-state index in [4.69, 9.17) is 4.74 Å².